The summed E-state index contributed by atoms with van der Waals surface area (Å²) in [7, 11) is 0. The molecule has 0 aromatic carbocycles. The summed E-state index contributed by atoms with van der Waals surface area (Å²) in [6, 6.07) is 1.41. The molecule has 2 rings (SSSR count). The first-order valence-corrected chi connectivity index (χ1v) is 7.91. The van der Waals surface area contributed by atoms with Crippen molar-refractivity contribution < 1.29 is 9.18 Å². The van der Waals surface area contributed by atoms with E-state index in [0.717, 1.165) is 11.9 Å². The molecule has 0 spiro atoms. The zero-order chi connectivity index (χ0) is 14.7. The van der Waals surface area contributed by atoms with Crippen molar-refractivity contribution in [1.29, 1.82) is 0 Å². The van der Waals surface area contributed by atoms with Crippen molar-refractivity contribution in [3.63, 3.8) is 0 Å². The number of nitrogens with one attached hydrogen (secondary N) is 1. The molecule has 0 aliphatic carbocycles. The lowest BCUT2D eigenvalue weighted by atomic mass is 10.1. The van der Waals surface area contributed by atoms with E-state index in [1.807, 2.05) is 30.5 Å². The van der Waals surface area contributed by atoms with Gasteiger partial charge in [0.05, 0.1) is 11.8 Å². The van der Waals surface area contributed by atoms with Gasteiger partial charge in [-0.2, -0.15) is 11.8 Å². The number of halogens is 1. The fraction of sp³-hybridized carbons (Fsp3) is 0.571. The van der Waals surface area contributed by atoms with E-state index in [2.05, 4.69) is 17.2 Å². The second-order valence-electron chi connectivity index (χ2n) is 4.90. The molecule has 1 aromatic rings. The van der Waals surface area contributed by atoms with Gasteiger partial charge in [-0.3, -0.25) is 4.79 Å². The minimum atomic E-state index is -0.484. The number of thioether (sulfide) groups is 1. The standard InChI is InChI=1S/C14H20FN3OS/c1-4-16-13-12(7-11(15)8-17-13)14(19)18-5-6-20-10(3)9(18)2/h7-10H,4-6H2,1-3H3,(H,16,17). The van der Waals surface area contributed by atoms with Crippen LogP contribution in [0.5, 0.6) is 0 Å². The topological polar surface area (TPSA) is 45.2 Å². The van der Waals surface area contributed by atoms with Crippen LogP contribution in [-0.4, -0.2) is 45.9 Å². The van der Waals surface area contributed by atoms with Crippen LogP contribution >= 0.6 is 11.8 Å². The number of aromatic nitrogens is 1. The van der Waals surface area contributed by atoms with Crippen LogP contribution in [0.3, 0.4) is 0 Å². The fourth-order valence-electron chi connectivity index (χ4n) is 2.29. The highest BCUT2D eigenvalue weighted by Crippen LogP contribution is 2.27. The zero-order valence-electron chi connectivity index (χ0n) is 12.0. The van der Waals surface area contributed by atoms with E-state index >= 15 is 0 Å². The van der Waals surface area contributed by atoms with E-state index < -0.39 is 5.82 Å². The Kier molecular flexibility index (Phi) is 4.86. The maximum Gasteiger partial charge on any atom is 0.258 e. The first-order chi connectivity index (χ1) is 9.54. The van der Waals surface area contributed by atoms with Crippen LogP contribution < -0.4 is 5.32 Å². The van der Waals surface area contributed by atoms with Gasteiger partial charge in [-0.1, -0.05) is 6.92 Å². The molecule has 0 saturated carbocycles. The van der Waals surface area contributed by atoms with Crippen molar-refractivity contribution in [3.05, 3.63) is 23.6 Å². The summed E-state index contributed by atoms with van der Waals surface area (Å²) in [5.74, 6) is 0.739. The number of carbonyl (C=O) groups excluding carboxylic acids is 1. The molecule has 1 amide bonds. The molecule has 2 atom stereocenters. The summed E-state index contributed by atoms with van der Waals surface area (Å²) in [5, 5.41) is 3.40. The lowest BCUT2D eigenvalue weighted by Gasteiger charge is -2.37. The quantitative estimate of drug-likeness (QED) is 0.931. The van der Waals surface area contributed by atoms with E-state index in [0.29, 0.717) is 29.7 Å². The predicted octanol–water partition coefficient (Wildman–Crippen LogP) is 2.62. The van der Waals surface area contributed by atoms with Crippen molar-refractivity contribution in [2.75, 3.05) is 24.2 Å². The molecular weight excluding hydrogens is 277 g/mol. The number of rotatable bonds is 3. The SMILES string of the molecule is CCNc1ncc(F)cc1C(=O)N1CCSC(C)C1C. The number of hydrogen-bond acceptors (Lipinski definition) is 4. The molecule has 4 nitrogen and oxygen atoms in total. The number of carbonyl (C=O) groups is 1. The number of amides is 1. The Balaban J connectivity index is 2.30. The number of nitrogens with zero attached hydrogens (tertiary/aromatic N) is 2. The second kappa shape index (κ2) is 6.43. The molecule has 2 heterocycles. The maximum atomic E-state index is 13.4. The van der Waals surface area contributed by atoms with Crippen molar-refractivity contribution in [2.24, 2.45) is 0 Å². The molecule has 0 bridgehead atoms. The van der Waals surface area contributed by atoms with Gasteiger partial charge < -0.3 is 10.2 Å². The third kappa shape index (κ3) is 3.06. The van der Waals surface area contributed by atoms with Crippen LogP contribution in [0.2, 0.25) is 0 Å². The average molecular weight is 297 g/mol. The summed E-state index contributed by atoms with van der Waals surface area (Å²) >= 11 is 1.86. The summed E-state index contributed by atoms with van der Waals surface area (Å²) in [6.07, 6.45) is 1.13. The van der Waals surface area contributed by atoms with E-state index in [9.17, 15) is 9.18 Å². The van der Waals surface area contributed by atoms with E-state index in [1.54, 1.807) is 0 Å². The summed E-state index contributed by atoms with van der Waals surface area (Å²) in [4.78, 5) is 18.5. The average Bonchev–Trinajstić information content (AvgIpc) is 2.43. The van der Waals surface area contributed by atoms with Crippen molar-refractivity contribution in [2.45, 2.75) is 32.1 Å². The molecule has 1 aliphatic heterocycles. The van der Waals surface area contributed by atoms with Crippen LogP contribution in [0.1, 0.15) is 31.1 Å². The number of pyridine rings is 1. The summed E-state index contributed by atoms with van der Waals surface area (Å²) in [6.45, 7) is 7.40. The second-order valence-corrected chi connectivity index (χ2v) is 6.38. The Morgan fingerprint density at radius 2 is 2.35 bits per heavy atom. The monoisotopic (exact) mass is 297 g/mol. The molecule has 1 fully saturated rings. The molecule has 1 N–H and O–H groups in total. The molecule has 20 heavy (non-hydrogen) atoms. The van der Waals surface area contributed by atoms with Gasteiger partial charge in [0, 0.05) is 30.1 Å². The third-order valence-electron chi connectivity index (χ3n) is 3.57. The normalized spacial score (nSPS) is 22.7. The highest BCUT2D eigenvalue weighted by Gasteiger charge is 2.31. The van der Waals surface area contributed by atoms with Crippen molar-refractivity contribution in [1.82, 2.24) is 9.88 Å². The Morgan fingerprint density at radius 3 is 3.05 bits per heavy atom. The van der Waals surface area contributed by atoms with E-state index in [4.69, 9.17) is 0 Å². The van der Waals surface area contributed by atoms with E-state index in [1.165, 1.54) is 6.07 Å². The van der Waals surface area contributed by atoms with Gasteiger partial charge in [0.2, 0.25) is 0 Å². The minimum absolute atomic E-state index is 0.138. The van der Waals surface area contributed by atoms with Crippen LogP contribution in [0.4, 0.5) is 10.2 Å². The van der Waals surface area contributed by atoms with E-state index in [-0.39, 0.29) is 11.9 Å². The lowest BCUT2D eigenvalue weighted by Crippen LogP contribution is -2.48. The van der Waals surface area contributed by atoms with Crippen LogP contribution in [0, 0.1) is 5.82 Å². The van der Waals surface area contributed by atoms with Gasteiger partial charge in [0.25, 0.3) is 5.91 Å². The Morgan fingerprint density at radius 1 is 1.60 bits per heavy atom. The minimum Gasteiger partial charge on any atom is -0.370 e. The lowest BCUT2D eigenvalue weighted by molar-refractivity contribution is 0.0698. The Hall–Kier alpha value is -1.30. The van der Waals surface area contributed by atoms with Crippen LogP contribution in [0.15, 0.2) is 12.3 Å². The molecule has 6 heteroatoms. The molecule has 2 unspecified atom stereocenters. The van der Waals surface area contributed by atoms with Gasteiger partial charge in [-0.05, 0) is 19.9 Å². The molecule has 1 aliphatic rings. The molecule has 1 aromatic heterocycles. The van der Waals surface area contributed by atoms with Gasteiger partial charge in [0.15, 0.2) is 0 Å². The smallest absolute Gasteiger partial charge is 0.258 e. The Bertz CT molecular complexity index is 497. The largest absolute Gasteiger partial charge is 0.370 e. The summed E-state index contributed by atoms with van der Waals surface area (Å²) < 4.78 is 13.4. The van der Waals surface area contributed by atoms with Crippen molar-refractivity contribution in [3.8, 4) is 0 Å². The van der Waals surface area contributed by atoms with Crippen molar-refractivity contribution >= 4 is 23.5 Å². The maximum absolute atomic E-state index is 13.4. The van der Waals surface area contributed by atoms with Crippen LogP contribution in [0.25, 0.3) is 0 Å². The third-order valence-corrected chi connectivity index (χ3v) is 4.91. The first-order valence-electron chi connectivity index (χ1n) is 6.86. The van der Waals surface area contributed by atoms with Gasteiger partial charge in [-0.15, -0.1) is 0 Å². The van der Waals surface area contributed by atoms with Gasteiger partial charge in [-0.25, -0.2) is 9.37 Å². The fourth-order valence-corrected chi connectivity index (χ4v) is 3.38. The highest BCUT2D eigenvalue weighted by atomic mass is 32.2. The Labute approximate surface area is 123 Å². The molecule has 0 radical (unpaired) electrons. The van der Waals surface area contributed by atoms with Gasteiger partial charge >= 0.3 is 0 Å². The molecule has 110 valence electrons. The highest BCUT2D eigenvalue weighted by molar-refractivity contribution is 8.00. The first kappa shape index (κ1) is 15.1. The zero-order valence-corrected chi connectivity index (χ0v) is 12.8. The summed E-state index contributed by atoms with van der Waals surface area (Å²) in [5.41, 5.74) is 0.317. The van der Waals surface area contributed by atoms with Crippen LogP contribution in [-0.2, 0) is 0 Å². The van der Waals surface area contributed by atoms with Gasteiger partial charge in [0.1, 0.15) is 11.6 Å². The number of anilines is 1. The molecule has 1 saturated heterocycles. The molecular formula is C14H20FN3OS. The number of hydrogen-bond donors (Lipinski definition) is 1. The predicted molar refractivity (Wildman–Crippen MR) is 80.8 cm³/mol.